The Labute approximate surface area is 306 Å². The number of hydrogen-bond acceptors (Lipinski definition) is 8. The molecule has 51 heavy (non-hydrogen) atoms. The van der Waals surface area contributed by atoms with Gasteiger partial charge >= 0.3 is 0 Å². The molecule has 4 rings (SSSR count). The third kappa shape index (κ3) is 13.0. The van der Waals surface area contributed by atoms with Gasteiger partial charge in [-0.25, -0.2) is 0 Å². The van der Waals surface area contributed by atoms with E-state index in [4.69, 9.17) is 9.47 Å². The van der Waals surface area contributed by atoms with Crippen LogP contribution in [0.15, 0.2) is 48.5 Å². The third-order valence-electron chi connectivity index (χ3n) is 9.03. The van der Waals surface area contributed by atoms with Crippen molar-refractivity contribution < 1.29 is 33.4 Å². The van der Waals surface area contributed by atoms with Gasteiger partial charge in [-0.05, 0) is 80.8 Å². The quantitative estimate of drug-likeness (QED) is 0.261. The number of hydrogen-bond donors (Lipinski definition) is 6. The van der Waals surface area contributed by atoms with Crippen molar-refractivity contribution in [3.8, 4) is 11.5 Å². The van der Waals surface area contributed by atoms with Gasteiger partial charge in [0, 0.05) is 25.4 Å². The van der Waals surface area contributed by atoms with Crippen LogP contribution >= 0.6 is 12.4 Å². The van der Waals surface area contributed by atoms with Crippen LogP contribution in [0.3, 0.4) is 0 Å². The number of benzene rings is 2. The molecule has 3 atom stereocenters. The first-order valence-corrected chi connectivity index (χ1v) is 17.6. The molecule has 280 valence electrons. The number of fused-ring (bicyclic) bond motifs is 2. The molecule has 13 nitrogen and oxygen atoms in total. The monoisotopic (exact) mass is 728 g/mol. The van der Waals surface area contributed by atoms with E-state index in [0.717, 1.165) is 11.1 Å². The maximum absolute atomic E-state index is 13.9. The highest BCUT2D eigenvalue weighted by Crippen LogP contribution is 2.28. The molecule has 1 fully saturated rings. The molecule has 2 bridgehead atoms. The van der Waals surface area contributed by atoms with Crippen LogP contribution in [0.1, 0.15) is 57.1 Å². The van der Waals surface area contributed by atoms with Crippen molar-refractivity contribution in [3.63, 3.8) is 0 Å². The molecule has 0 aromatic heterocycles. The van der Waals surface area contributed by atoms with Gasteiger partial charge in [0.05, 0.1) is 7.11 Å². The zero-order valence-corrected chi connectivity index (χ0v) is 30.6. The van der Waals surface area contributed by atoms with Crippen LogP contribution in [0.4, 0.5) is 0 Å². The third-order valence-corrected chi connectivity index (χ3v) is 9.03. The van der Waals surface area contributed by atoms with Crippen molar-refractivity contribution in [3.05, 3.63) is 59.7 Å². The first-order valence-electron chi connectivity index (χ1n) is 17.6. The Kier molecular flexibility index (Phi) is 17.0. The smallest absolute Gasteiger partial charge is 0.257 e. The largest absolute Gasteiger partial charge is 0.493 e. The maximum Gasteiger partial charge on any atom is 0.257 e. The Morgan fingerprint density at radius 3 is 2.31 bits per heavy atom. The minimum atomic E-state index is -1.02. The molecular formula is C37H53ClN6O7. The van der Waals surface area contributed by atoms with Gasteiger partial charge in [0.25, 0.3) is 5.91 Å². The molecule has 2 aliphatic heterocycles. The second-order valence-electron chi connectivity index (χ2n) is 13.2. The molecule has 1 saturated heterocycles. The van der Waals surface area contributed by atoms with E-state index in [0.29, 0.717) is 63.2 Å². The lowest BCUT2D eigenvalue weighted by Gasteiger charge is -2.28. The average Bonchev–Trinajstić information content (AvgIpc) is 3.12. The molecular weight excluding hydrogens is 676 g/mol. The Bertz CT molecular complexity index is 1450. The summed E-state index contributed by atoms with van der Waals surface area (Å²) < 4.78 is 11.2. The summed E-state index contributed by atoms with van der Waals surface area (Å²) in [5.41, 5.74) is 1.77. The highest BCUT2D eigenvalue weighted by molar-refractivity contribution is 5.94. The van der Waals surface area contributed by atoms with Gasteiger partial charge < -0.3 is 41.4 Å². The van der Waals surface area contributed by atoms with Crippen LogP contribution in [0.2, 0.25) is 0 Å². The first-order chi connectivity index (χ1) is 24.1. The molecule has 0 unspecified atom stereocenters. The average molecular weight is 729 g/mol. The van der Waals surface area contributed by atoms with Gasteiger partial charge in [-0.3, -0.25) is 24.0 Å². The lowest BCUT2D eigenvalue weighted by atomic mass is 9.96. The summed E-state index contributed by atoms with van der Waals surface area (Å²) in [5.74, 6) is -1.45. The fraction of sp³-hybridized carbons (Fsp3) is 0.541. The van der Waals surface area contributed by atoms with Gasteiger partial charge in [0.1, 0.15) is 18.1 Å². The molecule has 2 heterocycles. The Hall–Kier alpha value is -4.36. The Morgan fingerprint density at radius 1 is 0.882 bits per heavy atom. The summed E-state index contributed by atoms with van der Waals surface area (Å²) in [4.78, 5) is 67.1. The zero-order valence-electron chi connectivity index (χ0n) is 29.8. The number of rotatable bonds is 6. The van der Waals surface area contributed by atoms with E-state index >= 15 is 0 Å². The van der Waals surface area contributed by atoms with E-state index in [1.54, 1.807) is 6.07 Å². The number of nitrogens with one attached hydrogen (secondary N) is 6. The van der Waals surface area contributed by atoms with Gasteiger partial charge in [0.2, 0.25) is 23.6 Å². The molecule has 0 aliphatic carbocycles. The van der Waals surface area contributed by atoms with Crippen molar-refractivity contribution in [1.82, 2.24) is 31.9 Å². The zero-order chi connectivity index (χ0) is 35.9. The van der Waals surface area contributed by atoms with Crippen LogP contribution in [-0.4, -0.2) is 87.6 Å². The molecule has 0 saturated carbocycles. The molecule has 5 amide bonds. The van der Waals surface area contributed by atoms with Gasteiger partial charge in [-0.2, -0.15) is 0 Å². The highest BCUT2D eigenvalue weighted by Gasteiger charge is 2.32. The van der Waals surface area contributed by atoms with E-state index in [1.165, 1.54) is 7.11 Å². The predicted molar refractivity (Wildman–Crippen MR) is 196 cm³/mol. The number of halogens is 1. The van der Waals surface area contributed by atoms with Gasteiger partial charge in [-0.15, -0.1) is 12.4 Å². The lowest BCUT2D eigenvalue weighted by Crippen LogP contribution is -2.58. The second-order valence-corrected chi connectivity index (χ2v) is 13.2. The van der Waals surface area contributed by atoms with Gasteiger partial charge in [0.15, 0.2) is 18.1 Å². The van der Waals surface area contributed by atoms with Crippen LogP contribution < -0.4 is 41.4 Å². The van der Waals surface area contributed by atoms with Gasteiger partial charge in [-0.1, -0.05) is 50.2 Å². The topological polar surface area (TPSA) is 176 Å². The minimum absolute atomic E-state index is 0. The van der Waals surface area contributed by atoms with Crippen LogP contribution in [0, 0.1) is 11.8 Å². The SMILES string of the molecule is COc1ccc2cc1OCC(=O)NCCC[C@H](NC(=O)C1CCNCC1)C(=O)N[C@@H](Cc1ccccc1)C(=O)N[C@H](C(C)C)C(=O)NCCC2.Cl. The van der Waals surface area contributed by atoms with Crippen molar-refractivity contribution in [2.24, 2.45) is 11.8 Å². The molecule has 6 N–H and O–H groups in total. The summed E-state index contributed by atoms with van der Waals surface area (Å²) in [6.45, 7) is 5.49. The summed E-state index contributed by atoms with van der Waals surface area (Å²) >= 11 is 0. The van der Waals surface area contributed by atoms with E-state index in [2.05, 4.69) is 31.9 Å². The van der Waals surface area contributed by atoms with E-state index in [1.807, 2.05) is 56.3 Å². The number of methoxy groups -OCH3 is 1. The van der Waals surface area contributed by atoms with Crippen molar-refractivity contribution in [2.45, 2.75) is 76.9 Å². The standard InChI is InChI=1S/C37H52N6O7.ClH/c1-24(2)33-37(48)40-18-7-11-26-13-14-30(49-3)31(22-26)50-23-32(44)39-17-8-12-28(41-34(45)27-15-19-38-20-16-27)35(46)42-29(36(47)43-33)21-25-9-5-4-6-10-25;/h4-6,9-10,13-14,22,24,27-29,33,38H,7-8,11-12,15-21,23H2,1-3H3,(H,39,44)(H,40,48)(H,41,45)(H,42,46)(H,43,47);1H/t28-,29-,33+;/m0./s1. The predicted octanol–water partition coefficient (Wildman–Crippen LogP) is 1.81. The summed E-state index contributed by atoms with van der Waals surface area (Å²) in [6, 6.07) is 12.0. The minimum Gasteiger partial charge on any atom is -0.493 e. The molecule has 2 aromatic rings. The van der Waals surface area contributed by atoms with Crippen molar-refractivity contribution in [1.29, 1.82) is 0 Å². The highest BCUT2D eigenvalue weighted by atomic mass is 35.5. The first kappa shape index (κ1) is 41.1. The van der Waals surface area contributed by atoms with Crippen molar-refractivity contribution >= 4 is 41.9 Å². The molecule has 2 aromatic carbocycles. The Morgan fingerprint density at radius 2 is 1.61 bits per heavy atom. The number of aryl methyl sites for hydroxylation is 1. The number of ether oxygens (including phenoxy) is 2. The number of carbonyl (C=O) groups is 5. The van der Waals surface area contributed by atoms with Crippen LogP contribution in [-0.2, 0) is 36.8 Å². The number of piperidine rings is 1. The summed E-state index contributed by atoms with van der Waals surface area (Å²) in [7, 11) is 1.52. The molecule has 14 heteroatoms. The summed E-state index contributed by atoms with van der Waals surface area (Å²) in [6.07, 6.45) is 3.33. The maximum atomic E-state index is 13.9. The fourth-order valence-corrected chi connectivity index (χ4v) is 6.09. The van der Waals surface area contributed by atoms with E-state index in [9.17, 15) is 24.0 Å². The van der Waals surface area contributed by atoms with Crippen LogP contribution in [0.25, 0.3) is 0 Å². The number of amides is 5. The van der Waals surface area contributed by atoms with Crippen molar-refractivity contribution in [2.75, 3.05) is 39.9 Å². The summed E-state index contributed by atoms with van der Waals surface area (Å²) in [5, 5.41) is 17.7. The fourth-order valence-electron chi connectivity index (χ4n) is 6.09. The molecule has 0 radical (unpaired) electrons. The van der Waals surface area contributed by atoms with Crippen LogP contribution in [0.5, 0.6) is 11.5 Å². The molecule has 0 spiro atoms. The van der Waals surface area contributed by atoms with E-state index < -0.39 is 29.9 Å². The Balaban J connectivity index is 0.00000702. The lowest BCUT2D eigenvalue weighted by molar-refractivity contribution is -0.135. The normalized spacial score (nSPS) is 21.9. The number of carbonyl (C=O) groups excluding carboxylic acids is 5. The molecule has 2 aliphatic rings. The second kappa shape index (κ2) is 21.1. The van der Waals surface area contributed by atoms with E-state index in [-0.39, 0.29) is 68.0 Å².